The van der Waals surface area contributed by atoms with Gasteiger partial charge in [-0.3, -0.25) is 24.0 Å². The van der Waals surface area contributed by atoms with Gasteiger partial charge < -0.3 is 35.6 Å². The molecule has 0 aromatic heterocycles. The number of hydrogen-bond donors (Lipinski definition) is 5. The summed E-state index contributed by atoms with van der Waals surface area (Å²) in [5.74, 6) is -2.67. The van der Waals surface area contributed by atoms with E-state index >= 15 is 0 Å². The van der Waals surface area contributed by atoms with E-state index in [4.69, 9.17) is 66.1 Å². The van der Waals surface area contributed by atoms with Crippen molar-refractivity contribution in [2.75, 3.05) is 17.2 Å². The number of hydrogen-bond acceptors (Lipinski definition) is 7. The zero-order valence-corrected chi connectivity index (χ0v) is 35.0. The van der Waals surface area contributed by atoms with Gasteiger partial charge in [-0.2, -0.15) is 0 Å². The molecule has 0 unspecified atom stereocenters. The first kappa shape index (κ1) is 46.4. The fourth-order valence-electron chi connectivity index (χ4n) is 5.03. The van der Waals surface area contributed by atoms with Crippen LogP contribution in [0.25, 0.3) is 0 Å². The molecule has 0 aliphatic rings. The molecule has 0 bridgehead atoms. The smallest absolute Gasteiger partial charge is 0.322 e. The van der Waals surface area contributed by atoms with Gasteiger partial charge in [0.1, 0.15) is 19.8 Å². The Labute approximate surface area is 350 Å². The first-order chi connectivity index (χ1) is 26.7. The summed E-state index contributed by atoms with van der Waals surface area (Å²) in [6, 6.07) is 17.0. The quantitative estimate of drug-likeness (QED) is 0.0778. The molecular formula is C41H43Cl4N3O9. The van der Waals surface area contributed by atoms with Crippen LogP contribution in [0.5, 0.6) is 11.5 Å². The summed E-state index contributed by atoms with van der Waals surface area (Å²) in [6.45, 7) is 10.9. The number of carboxylic acids is 2. The van der Waals surface area contributed by atoms with Gasteiger partial charge in [0.15, 0.2) is 11.5 Å². The monoisotopic (exact) mass is 861 g/mol. The van der Waals surface area contributed by atoms with Gasteiger partial charge in [0.05, 0.1) is 26.5 Å². The minimum atomic E-state index is -1.16. The second-order valence-electron chi connectivity index (χ2n) is 13.6. The zero-order chi connectivity index (χ0) is 42.6. The highest BCUT2D eigenvalue weighted by atomic mass is 35.5. The molecule has 0 atom stereocenters. The largest absolute Gasteiger partial charge is 0.486 e. The third kappa shape index (κ3) is 15.1. The predicted octanol–water partition coefficient (Wildman–Crippen LogP) is 9.39. The van der Waals surface area contributed by atoms with Crippen molar-refractivity contribution >= 4 is 87.4 Å². The second kappa shape index (κ2) is 21.5. The van der Waals surface area contributed by atoms with E-state index in [0.717, 1.165) is 22.3 Å². The molecule has 4 rings (SSSR count). The Kier molecular flexibility index (Phi) is 17.5. The molecule has 0 radical (unpaired) electrons. The van der Waals surface area contributed by atoms with Crippen LogP contribution >= 0.6 is 46.4 Å². The lowest BCUT2D eigenvalue weighted by molar-refractivity contribution is -0.137. The van der Waals surface area contributed by atoms with Crippen LogP contribution in [-0.2, 0) is 38.8 Å². The lowest BCUT2D eigenvalue weighted by atomic mass is 10.1. The number of carbonyl (C=O) groups is 5. The molecule has 0 saturated heterocycles. The van der Waals surface area contributed by atoms with Gasteiger partial charge >= 0.3 is 11.9 Å². The number of carboxylic acid groups (broad SMARTS) is 2. The number of aryl methyl sites for hydroxylation is 2. The van der Waals surface area contributed by atoms with Crippen molar-refractivity contribution in [1.29, 1.82) is 0 Å². The van der Waals surface area contributed by atoms with Crippen molar-refractivity contribution in [2.45, 2.75) is 61.2 Å². The molecule has 0 aliphatic carbocycles. The van der Waals surface area contributed by atoms with Crippen LogP contribution in [0.4, 0.5) is 11.4 Å². The molecule has 0 heterocycles. The van der Waals surface area contributed by atoms with E-state index < -0.39 is 24.4 Å². The number of amides is 3. The number of anilines is 2. The van der Waals surface area contributed by atoms with Crippen molar-refractivity contribution in [2.24, 2.45) is 11.8 Å². The fraction of sp³-hybridized carbons (Fsp3) is 0.293. The molecule has 0 saturated carbocycles. The van der Waals surface area contributed by atoms with Gasteiger partial charge in [-0.1, -0.05) is 86.2 Å². The van der Waals surface area contributed by atoms with Crippen molar-refractivity contribution in [3.63, 3.8) is 0 Å². The molecule has 0 fully saturated rings. The molecule has 57 heavy (non-hydrogen) atoms. The van der Waals surface area contributed by atoms with Gasteiger partial charge in [-0.15, -0.1) is 0 Å². The molecule has 0 spiro atoms. The lowest BCUT2D eigenvalue weighted by Gasteiger charge is -2.14. The summed E-state index contributed by atoms with van der Waals surface area (Å²) in [5, 5.41) is 26.2. The van der Waals surface area contributed by atoms with Crippen LogP contribution in [0.1, 0.15) is 65.9 Å². The van der Waals surface area contributed by atoms with Gasteiger partial charge in [0.2, 0.25) is 11.8 Å². The van der Waals surface area contributed by atoms with E-state index in [2.05, 4.69) is 16.0 Å². The Bertz CT molecular complexity index is 2090. The Morgan fingerprint density at radius 3 is 1.35 bits per heavy atom. The SMILES string of the molecule is Cc1cc(COc2c(Cl)cc(C(=O)NCC(=O)O)cc2Cl)cc(NC(=O)C(C)C)c1.Cc1cc(COc2c(Cl)cc(CC(=O)O)cc2Cl)cc(NC(=O)C(C)C)c1. The van der Waals surface area contributed by atoms with Crippen LogP contribution in [0, 0.1) is 25.7 Å². The molecule has 4 aromatic carbocycles. The predicted molar refractivity (Wildman–Crippen MR) is 222 cm³/mol. The average Bonchev–Trinajstić information content (AvgIpc) is 3.09. The summed E-state index contributed by atoms with van der Waals surface area (Å²) < 4.78 is 11.5. The van der Waals surface area contributed by atoms with Crippen LogP contribution in [0.15, 0.2) is 60.7 Å². The highest BCUT2D eigenvalue weighted by Gasteiger charge is 2.17. The Morgan fingerprint density at radius 2 is 0.982 bits per heavy atom. The third-order valence-corrected chi connectivity index (χ3v) is 8.82. The number of ether oxygens (including phenoxy) is 2. The van der Waals surface area contributed by atoms with Crippen molar-refractivity contribution in [3.8, 4) is 11.5 Å². The van der Waals surface area contributed by atoms with E-state index in [9.17, 15) is 24.0 Å². The third-order valence-electron chi connectivity index (χ3n) is 7.70. The maximum atomic E-state index is 12.0. The molecule has 12 nitrogen and oxygen atoms in total. The van der Waals surface area contributed by atoms with Crippen molar-refractivity contribution < 1.29 is 43.7 Å². The van der Waals surface area contributed by atoms with E-state index in [1.165, 1.54) is 24.3 Å². The number of carbonyl (C=O) groups excluding carboxylic acids is 3. The van der Waals surface area contributed by atoms with Crippen molar-refractivity contribution in [1.82, 2.24) is 5.32 Å². The topological polar surface area (TPSA) is 180 Å². The minimum Gasteiger partial charge on any atom is -0.486 e. The summed E-state index contributed by atoms with van der Waals surface area (Å²) >= 11 is 24.8. The molecular weight excluding hydrogens is 820 g/mol. The van der Waals surface area contributed by atoms with Crippen LogP contribution in [-0.4, -0.2) is 46.4 Å². The number of benzene rings is 4. The molecule has 5 N–H and O–H groups in total. The lowest BCUT2D eigenvalue weighted by Crippen LogP contribution is -2.29. The molecule has 16 heteroatoms. The molecule has 4 aromatic rings. The number of aliphatic carboxylic acids is 2. The standard InChI is InChI=1S/C21H22Cl2N2O5.C20H21Cl2NO4/c1-11(2)20(28)25-15-5-12(3)4-13(6-15)10-30-19-16(22)7-14(8-17(19)23)21(29)24-9-18(26)27;1-11(2)20(26)23-15-5-12(3)4-14(6-15)10-27-19-16(21)7-13(8-17(19)22)9-18(24)25/h4-8,11H,9-10H2,1-3H3,(H,24,29)(H,25,28)(H,26,27);4-8,11H,9-10H2,1-3H3,(H,23,26)(H,24,25). The number of rotatable bonds is 15. The van der Waals surface area contributed by atoms with Crippen LogP contribution < -0.4 is 25.4 Å². The van der Waals surface area contributed by atoms with Crippen LogP contribution in [0.3, 0.4) is 0 Å². The van der Waals surface area contributed by atoms with E-state index in [1.807, 2.05) is 71.9 Å². The summed E-state index contributed by atoms with van der Waals surface area (Å²) in [6.07, 6.45) is -0.170. The maximum Gasteiger partial charge on any atom is 0.322 e. The molecule has 304 valence electrons. The Morgan fingerprint density at radius 1 is 0.579 bits per heavy atom. The van der Waals surface area contributed by atoms with Gasteiger partial charge in [0, 0.05) is 28.8 Å². The highest BCUT2D eigenvalue weighted by molar-refractivity contribution is 6.38. The Balaban J connectivity index is 0.000000307. The molecule has 0 aliphatic heterocycles. The summed E-state index contributed by atoms with van der Waals surface area (Å²) in [7, 11) is 0. The van der Waals surface area contributed by atoms with Crippen molar-refractivity contribution in [3.05, 3.63) is 114 Å². The van der Waals surface area contributed by atoms with E-state index in [0.29, 0.717) is 22.7 Å². The van der Waals surface area contributed by atoms with Gasteiger partial charge in [0.25, 0.3) is 5.91 Å². The van der Waals surface area contributed by atoms with E-state index in [1.54, 1.807) is 6.07 Å². The van der Waals surface area contributed by atoms with Gasteiger partial charge in [-0.05, 0) is 90.2 Å². The summed E-state index contributed by atoms with van der Waals surface area (Å²) in [4.78, 5) is 57.2. The van der Waals surface area contributed by atoms with Crippen LogP contribution in [0.2, 0.25) is 20.1 Å². The highest BCUT2D eigenvalue weighted by Crippen LogP contribution is 2.36. The first-order valence-corrected chi connectivity index (χ1v) is 19.0. The van der Waals surface area contributed by atoms with E-state index in [-0.39, 0.29) is 74.7 Å². The Hall–Kier alpha value is -5.01. The summed E-state index contributed by atoms with van der Waals surface area (Å²) in [5.41, 5.74) is 5.53. The van der Waals surface area contributed by atoms with Gasteiger partial charge in [-0.25, -0.2) is 0 Å². The zero-order valence-electron chi connectivity index (χ0n) is 32.0. The average molecular weight is 864 g/mol. The normalized spacial score (nSPS) is 10.7. The maximum absolute atomic E-state index is 12.0. The number of nitrogens with one attached hydrogen (secondary N) is 3. The first-order valence-electron chi connectivity index (χ1n) is 17.5. The number of halogens is 4. The molecule has 3 amide bonds. The minimum absolute atomic E-state index is 0.0624. The second-order valence-corrected chi connectivity index (χ2v) is 15.2. The fourth-order valence-corrected chi connectivity index (χ4v) is 6.27.